The quantitative estimate of drug-likeness (QED) is 0.851. The lowest BCUT2D eigenvalue weighted by Gasteiger charge is -2.44. The molecule has 0 amide bonds. The molecule has 2 saturated heterocycles. The largest absolute Gasteiger partial charge is 0.385 e. The van der Waals surface area contributed by atoms with E-state index in [1.54, 1.807) is 0 Å². The lowest BCUT2D eigenvalue weighted by Crippen LogP contribution is -2.41. The van der Waals surface area contributed by atoms with Crippen molar-refractivity contribution in [2.75, 3.05) is 0 Å². The van der Waals surface area contributed by atoms with Gasteiger partial charge in [-0.25, -0.2) is 0 Å². The average Bonchev–Trinajstić information content (AvgIpc) is 2.37. The number of hydrogen-bond acceptors (Lipinski definition) is 3. The standard InChI is InChI=1S/C16H19NOS/c1-11-4-2-5-12(10-17)15(11)16(18)8-13-6-3-7-14(9-16)19-13/h2,4-5,13-14,18H,3,6-9H2,1H3. The Balaban J connectivity index is 2.03. The molecule has 100 valence electrons. The first kappa shape index (κ1) is 13.0. The summed E-state index contributed by atoms with van der Waals surface area (Å²) in [7, 11) is 0. The van der Waals surface area contributed by atoms with Crippen molar-refractivity contribution in [2.45, 2.75) is 55.1 Å². The minimum atomic E-state index is -0.794. The maximum atomic E-state index is 11.2. The third kappa shape index (κ3) is 2.28. The van der Waals surface area contributed by atoms with Gasteiger partial charge in [0, 0.05) is 16.1 Å². The molecule has 2 aliphatic heterocycles. The first-order valence-corrected chi connectivity index (χ1v) is 7.95. The molecular formula is C16H19NOS. The van der Waals surface area contributed by atoms with E-state index in [9.17, 15) is 10.4 Å². The Morgan fingerprint density at radius 3 is 2.63 bits per heavy atom. The number of thioether (sulfide) groups is 1. The Morgan fingerprint density at radius 2 is 2.00 bits per heavy atom. The minimum absolute atomic E-state index is 0.559. The molecule has 1 N–H and O–H groups in total. The van der Waals surface area contributed by atoms with Crippen molar-refractivity contribution in [3.63, 3.8) is 0 Å². The van der Waals surface area contributed by atoms with Gasteiger partial charge in [-0.3, -0.25) is 0 Å². The monoisotopic (exact) mass is 273 g/mol. The van der Waals surface area contributed by atoms with E-state index in [1.807, 2.05) is 36.9 Å². The van der Waals surface area contributed by atoms with Gasteiger partial charge in [-0.05, 0) is 44.2 Å². The second-order valence-corrected chi connectivity index (χ2v) is 7.47. The molecule has 1 aromatic carbocycles. The van der Waals surface area contributed by atoms with Crippen LogP contribution in [0.1, 0.15) is 48.8 Å². The summed E-state index contributed by atoms with van der Waals surface area (Å²) < 4.78 is 0. The summed E-state index contributed by atoms with van der Waals surface area (Å²) in [5.41, 5.74) is 1.78. The summed E-state index contributed by atoms with van der Waals surface area (Å²) in [5, 5.41) is 21.6. The topological polar surface area (TPSA) is 44.0 Å². The molecule has 2 bridgehead atoms. The molecule has 0 spiro atoms. The summed E-state index contributed by atoms with van der Waals surface area (Å²) in [6.07, 6.45) is 5.30. The Hall–Kier alpha value is -0.980. The maximum absolute atomic E-state index is 11.2. The van der Waals surface area contributed by atoms with E-state index < -0.39 is 5.60 Å². The van der Waals surface area contributed by atoms with Crippen molar-refractivity contribution in [1.29, 1.82) is 5.26 Å². The van der Waals surface area contributed by atoms with Gasteiger partial charge in [0.25, 0.3) is 0 Å². The van der Waals surface area contributed by atoms with Crippen LogP contribution in [-0.2, 0) is 5.60 Å². The third-order valence-corrected chi connectivity index (χ3v) is 6.00. The lowest BCUT2D eigenvalue weighted by molar-refractivity contribution is 0.00733. The highest BCUT2D eigenvalue weighted by Crippen LogP contribution is 2.50. The summed E-state index contributed by atoms with van der Waals surface area (Å²) >= 11 is 2.05. The van der Waals surface area contributed by atoms with E-state index in [0.29, 0.717) is 16.1 Å². The SMILES string of the molecule is Cc1cccc(C#N)c1C1(O)CC2CCCC(C1)S2. The fraction of sp³-hybridized carbons (Fsp3) is 0.562. The van der Waals surface area contributed by atoms with Crippen LogP contribution in [-0.4, -0.2) is 15.6 Å². The van der Waals surface area contributed by atoms with Crippen LogP contribution in [0.2, 0.25) is 0 Å². The summed E-state index contributed by atoms with van der Waals surface area (Å²) in [5.74, 6) is 0. The molecule has 1 aromatic rings. The van der Waals surface area contributed by atoms with Crippen LogP contribution in [0.4, 0.5) is 0 Å². The van der Waals surface area contributed by atoms with Crippen molar-refractivity contribution in [1.82, 2.24) is 0 Å². The zero-order valence-electron chi connectivity index (χ0n) is 11.2. The van der Waals surface area contributed by atoms with Gasteiger partial charge < -0.3 is 5.11 Å². The molecule has 3 rings (SSSR count). The van der Waals surface area contributed by atoms with E-state index in [0.717, 1.165) is 24.0 Å². The van der Waals surface area contributed by atoms with E-state index in [-0.39, 0.29) is 0 Å². The molecular weight excluding hydrogens is 254 g/mol. The Labute approximate surface area is 118 Å². The van der Waals surface area contributed by atoms with E-state index in [4.69, 9.17) is 0 Å². The van der Waals surface area contributed by atoms with Crippen molar-refractivity contribution >= 4 is 11.8 Å². The molecule has 0 aromatic heterocycles. The first-order chi connectivity index (χ1) is 9.12. The highest BCUT2D eigenvalue weighted by molar-refractivity contribution is 8.00. The van der Waals surface area contributed by atoms with Crippen molar-refractivity contribution in [2.24, 2.45) is 0 Å². The average molecular weight is 273 g/mol. The van der Waals surface area contributed by atoms with Crippen LogP contribution in [0, 0.1) is 18.3 Å². The second-order valence-electron chi connectivity index (χ2n) is 5.86. The van der Waals surface area contributed by atoms with Crippen molar-refractivity contribution in [3.8, 4) is 6.07 Å². The summed E-state index contributed by atoms with van der Waals surface area (Å²) in [6.45, 7) is 2.01. The molecule has 0 aliphatic carbocycles. The molecule has 2 aliphatic rings. The third-order valence-electron chi connectivity index (χ3n) is 4.43. The number of aliphatic hydroxyl groups is 1. The van der Waals surface area contributed by atoms with Gasteiger partial charge in [-0.2, -0.15) is 17.0 Å². The van der Waals surface area contributed by atoms with Gasteiger partial charge in [-0.15, -0.1) is 0 Å². The Morgan fingerprint density at radius 1 is 1.32 bits per heavy atom. The van der Waals surface area contributed by atoms with Gasteiger partial charge in [0.2, 0.25) is 0 Å². The smallest absolute Gasteiger partial charge is 0.0995 e. The molecule has 2 atom stereocenters. The number of rotatable bonds is 1. The molecule has 2 fully saturated rings. The summed E-state index contributed by atoms with van der Waals surface area (Å²) in [4.78, 5) is 0. The van der Waals surface area contributed by atoms with Gasteiger partial charge in [0.15, 0.2) is 0 Å². The lowest BCUT2D eigenvalue weighted by atomic mass is 9.77. The molecule has 2 nitrogen and oxygen atoms in total. The maximum Gasteiger partial charge on any atom is 0.0995 e. The van der Waals surface area contributed by atoms with Crippen molar-refractivity contribution < 1.29 is 5.11 Å². The van der Waals surface area contributed by atoms with Crippen LogP contribution in [0.5, 0.6) is 0 Å². The highest BCUT2D eigenvalue weighted by Gasteiger charge is 2.44. The van der Waals surface area contributed by atoms with E-state index in [1.165, 1.54) is 19.3 Å². The highest BCUT2D eigenvalue weighted by atomic mass is 32.2. The normalized spacial score (nSPS) is 33.7. The Kier molecular flexibility index (Phi) is 3.32. The predicted octanol–water partition coefficient (Wildman–Crippen LogP) is 3.50. The molecule has 3 heteroatoms. The van der Waals surface area contributed by atoms with Crippen molar-refractivity contribution in [3.05, 3.63) is 34.9 Å². The summed E-state index contributed by atoms with van der Waals surface area (Å²) in [6, 6.07) is 8.00. The predicted molar refractivity (Wildman–Crippen MR) is 78.0 cm³/mol. The molecule has 19 heavy (non-hydrogen) atoms. The number of nitrogens with zero attached hydrogens (tertiary/aromatic N) is 1. The molecule has 0 radical (unpaired) electrons. The zero-order chi connectivity index (χ0) is 13.5. The number of benzene rings is 1. The van der Waals surface area contributed by atoms with Crippen LogP contribution >= 0.6 is 11.8 Å². The minimum Gasteiger partial charge on any atom is -0.385 e. The number of aryl methyl sites for hydroxylation is 1. The van der Waals surface area contributed by atoms with Crippen LogP contribution in [0.3, 0.4) is 0 Å². The number of nitriles is 1. The van der Waals surface area contributed by atoms with Crippen LogP contribution in [0.15, 0.2) is 18.2 Å². The first-order valence-electron chi connectivity index (χ1n) is 7.00. The van der Waals surface area contributed by atoms with Crippen LogP contribution < -0.4 is 0 Å². The number of fused-ring (bicyclic) bond motifs is 2. The van der Waals surface area contributed by atoms with Gasteiger partial charge in [0.05, 0.1) is 17.2 Å². The van der Waals surface area contributed by atoms with E-state index >= 15 is 0 Å². The Bertz CT molecular complexity index is 522. The molecule has 2 heterocycles. The zero-order valence-corrected chi connectivity index (χ0v) is 12.0. The molecule has 2 unspecified atom stereocenters. The van der Waals surface area contributed by atoms with Gasteiger partial charge in [-0.1, -0.05) is 18.6 Å². The fourth-order valence-corrected chi connectivity index (χ4v) is 5.59. The molecule has 0 saturated carbocycles. The van der Waals surface area contributed by atoms with Gasteiger partial charge in [0.1, 0.15) is 0 Å². The fourth-order valence-electron chi connectivity index (χ4n) is 3.70. The number of hydrogen-bond donors (Lipinski definition) is 1. The second kappa shape index (κ2) is 4.85. The van der Waals surface area contributed by atoms with Gasteiger partial charge >= 0.3 is 0 Å². The van der Waals surface area contributed by atoms with Crippen LogP contribution in [0.25, 0.3) is 0 Å². The van der Waals surface area contributed by atoms with E-state index in [2.05, 4.69) is 6.07 Å².